The fraction of sp³-hybridized carbons (Fsp3) is 0.107. The van der Waals surface area contributed by atoms with Crippen molar-refractivity contribution in [2.24, 2.45) is 0 Å². The van der Waals surface area contributed by atoms with Crippen molar-refractivity contribution in [1.29, 1.82) is 0 Å². The van der Waals surface area contributed by atoms with Gasteiger partial charge in [0.2, 0.25) is 0 Å². The molecule has 2 amide bonds. The fourth-order valence-electron chi connectivity index (χ4n) is 4.43. The summed E-state index contributed by atoms with van der Waals surface area (Å²) in [6.45, 7) is 1.99. The maximum absolute atomic E-state index is 14.2. The molecule has 0 saturated carbocycles. The molecule has 3 aromatic carbocycles. The number of carbonyl (C=O) groups excluding carboxylic acids is 2. The predicted octanol–water partition coefficient (Wildman–Crippen LogP) is 6.34. The molecule has 0 bridgehead atoms. The van der Waals surface area contributed by atoms with E-state index >= 15 is 0 Å². The number of thiophene rings is 1. The monoisotopic (exact) mass is 516 g/mol. The largest absolute Gasteiger partial charge is 0.479 e. The molecule has 0 saturated heterocycles. The highest BCUT2D eigenvalue weighted by molar-refractivity contribution is 7.13. The molecular formula is C28H21ClN2O4S. The molecule has 1 aromatic heterocycles. The molecule has 5 rings (SSSR count). The van der Waals surface area contributed by atoms with Gasteiger partial charge >= 0.3 is 5.97 Å². The van der Waals surface area contributed by atoms with Gasteiger partial charge < -0.3 is 15.3 Å². The van der Waals surface area contributed by atoms with Gasteiger partial charge in [-0.3, -0.25) is 9.59 Å². The molecule has 180 valence electrons. The Balaban J connectivity index is 1.71. The second-order valence-electron chi connectivity index (χ2n) is 8.56. The molecule has 0 aliphatic carbocycles. The van der Waals surface area contributed by atoms with Crippen LogP contribution in [0.1, 0.15) is 39.1 Å². The molecule has 6 nitrogen and oxygen atoms in total. The Labute approximate surface area is 216 Å². The summed E-state index contributed by atoms with van der Waals surface area (Å²) in [5.74, 6) is -2.31. The number of amides is 2. The highest BCUT2D eigenvalue weighted by Crippen LogP contribution is 2.39. The molecule has 8 heteroatoms. The van der Waals surface area contributed by atoms with Gasteiger partial charge in [0.15, 0.2) is 6.04 Å². The molecule has 0 fully saturated rings. The van der Waals surface area contributed by atoms with E-state index in [-0.39, 0.29) is 5.56 Å². The van der Waals surface area contributed by atoms with Gasteiger partial charge in [0, 0.05) is 9.90 Å². The molecule has 4 aromatic rings. The van der Waals surface area contributed by atoms with E-state index in [1.807, 2.05) is 24.4 Å². The number of carboxylic acid groups (broad SMARTS) is 1. The van der Waals surface area contributed by atoms with Crippen LogP contribution in [0.25, 0.3) is 10.4 Å². The summed E-state index contributed by atoms with van der Waals surface area (Å²) in [7, 11) is 0. The van der Waals surface area contributed by atoms with E-state index in [2.05, 4.69) is 5.32 Å². The molecule has 2 N–H and O–H groups in total. The zero-order chi connectivity index (χ0) is 25.4. The zero-order valence-corrected chi connectivity index (χ0v) is 20.7. The summed E-state index contributed by atoms with van der Waals surface area (Å²) in [6.07, 6.45) is 0. The van der Waals surface area contributed by atoms with Crippen molar-refractivity contribution in [3.05, 3.63) is 112 Å². The van der Waals surface area contributed by atoms with Crippen LogP contribution >= 0.6 is 22.9 Å². The first-order valence-electron chi connectivity index (χ1n) is 11.2. The second-order valence-corrected chi connectivity index (χ2v) is 9.90. The van der Waals surface area contributed by atoms with Crippen molar-refractivity contribution in [2.75, 3.05) is 5.32 Å². The average Bonchev–Trinajstić information content (AvgIpc) is 3.27. The first-order chi connectivity index (χ1) is 17.3. The second kappa shape index (κ2) is 9.60. The topological polar surface area (TPSA) is 86.7 Å². The van der Waals surface area contributed by atoms with Gasteiger partial charge in [0.25, 0.3) is 11.8 Å². The number of nitrogens with one attached hydrogen (secondary N) is 1. The third-order valence-corrected chi connectivity index (χ3v) is 7.45. The van der Waals surface area contributed by atoms with Gasteiger partial charge in [-0.05, 0) is 64.9 Å². The summed E-state index contributed by atoms with van der Waals surface area (Å²) < 4.78 is 0. The minimum absolute atomic E-state index is 0.227. The minimum Gasteiger partial charge on any atom is -0.479 e. The van der Waals surface area contributed by atoms with E-state index in [1.54, 1.807) is 78.1 Å². The number of fused-ring (bicyclic) bond motifs is 1. The van der Waals surface area contributed by atoms with Gasteiger partial charge in [-0.25, -0.2) is 4.79 Å². The lowest BCUT2D eigenvalue weighted by Gasteiger charge is -2.34. The Morgan fingerprint density at radius 1 is 1.03 bits per heavy atom. The lowest BCUT2D eigenvalue weighted by atomic mass is 9.97. The Morgan fingerprint density at radius 2 is 1.75 bits per heavy atom. The van der Waals surface area contributed by atoms with Crippen molar-refractivity contribution in [3.63, 3.8) is 0 Å². The van der Waals surface area contributed by atoms with Gasteiger partial charge in [-0.15, -0.1) is 11.3 Å². The number of anilines is 1. The summed E-state index contributed by atoms with van der Waals surface area (Å²) in [6, 6.07) is 19.6. The van der Waals surface area contributed by atoms with Crippen LogP contribution in [-0.2, 0) is 9.59 Å². The lowest BCUT2D eigenvalue weighted by molar-refractivity contribution is -0.144. The van der Waals surface area contributed by atoms with Gasteiger partial charge in [0.1, 0.15) is 6.04 Å². The third-order valence-electron chi connectivity index (χ3n) is 6.10. The van der Waals surface area contributed by atoms with Crippen molar-refractivity contribution >= 4 is 46.4 Å². The van der Waals surface area contributed by atoms with Crippen LogP contribution in [0.5, 0.6) is 0 Å². The molecule has 1 aliphatic heterocycles. The molecule has 1 aliphatic rings. The Bertz CT molecular complexity index is 1470. The smallest absolute Gasteiger partial charge is 0.331 e. The van der Waals surface area contributed by atoms with E-state index in [0.717, 1.165) is 20.9 Å². The average molecular weight is 517 g/mol. The van der Waals surface area contributed by atoms with Crippen molar-refractivity contribution < 1.29 is 19.5 Å². The number of hydrogen-bond donors (Lipinski definition) is 2. The Kier molecular flexibility index (Phi) is 6.35. The number of aliphatic carboxylic acids is 1. The van der Waals surface area contributed by atoms with Crippen molar-refractivity contribution in [3.8, 4) is 10.4 Å². The van der Waals surface area contributed by atoms with Crippen LogP contribution < -0.4 is 5.32 Å². The van der Waals surface area contributed by atoms with Crippen LogP contribution in [0, 0.1) is 6.92 Å². The lowest BCUT2D eigenvalue weighted by Crippen LogP contribution is -2.44. The summed E-state index contributed by atoms with van der Waals surface area (Å²) in [5.41, 5.74) is 3.31. The van der Waals surface area contributed by atoms with E-state index in [0.29, 0.717) is 21.8 Å². The van der Waals surface area contributed by atoms with Crippen LogP contribution in [0.2, 0.25) is 5.02 Å². The molecule has 2 atom stereocenters. The molecule has 36 heavy (non-hydrogen) atoms. The van der Waals surface area contributed by atoms with Gasteiger partial charge in [-0.2, -0.15) is 0 Å². The first kappa shape index (κ1) is 23.8. The minimum atomic E-state index is -1.40. The summed E-state index contributed by atoms with van der Waals surface area (Å²) in [5, 5.41) is 15.7. The molecular weight excluding hydrogens is 496 g/mol. The van der Waals surface area contributed by atoms with Gasteiger partial charge in [-0.1, -0.05) is 60.1 Å². The SMILES string of the molecule is Cc1csc(-c2ccc3c(c2)C(=O)N(C(C(=O)O)c2ccccc2)C(c2ccc(Cl)cc2)C(=O)N3)c1. The molecule has 0 spiro atoms. The number of hydrogen-bond acceptors (Lipinski definition) is 4. The van der Waals surface area contributed by atoms with Crippen LogP contribution in [0.4, 0.5) is 5.69 Å². The van der Waals surface area contributed by atoms with E-state index in [4.69, 9.17) is 11.6 Å². The number of benzene rings is 3. The number of nitrogens with zero attached hydrogens (tertiary/aromatic N) is 1. The van der Waals surface area contributed by atoms with Crippen molar-refractivity contribution in [1.82, 2.24) is 4.90 Å². The predicted molar refractivity (Wildman–Crippen MR) is 140 cm³/mol. The van der Waals surface area contributed by atoms with Crippen LogP contribution in [0.3, 0.4) is 0 Å². The number of carboxylic acids is 1. The Morgan fingerprint density at radius 3 is 2.39 bits per heavy atom. The summed E-state index contributed by atoms with van der Waals surface area (Å²) >= 11 is 7.62. The fourth-order valence-corrected chi connectivity index (χ4v) is 5.45. The molecule has 2 heterocycles. The molecule has 0 radical (unpaired) electrons. The number of aryl methyl sites for hydroxylation is 1. The molecule has 2 unspecified atom stereocenters. The highest BCUT2D eigenvalue weighted by atomic mass is 35.5. The maximum Gasteiger partial charge on any atom is 0.331 e. The van der Waals surface area contributed by atoms with E-state index in [9.17, 15) is 19.5 Å². The number of halogens is 1. The van der Waals surface area contributed by atoms with E-state index < -0.39 is 29.9 Å². The maximum atomic E-state index is 14.2. The van der Waals surface area contributed by atoms with E-state index in [1.165, 1.54) is 0 Å². The van der Waals surface area contributed by atoms with Crippen LogP contribution in [-0.4, -0.2) is 27.8 Å². The van der Waals surface area contributed by atoms with Crippen LogP contribution in [0.15, 0.2) is 84.2 Å². The Hall–Kier alpha value is -3.94. The highest BCUT2D eigenvalue weighted by Gasteiger charge is 2.43. The quantitative estimate of drug-likeness (QED) is 0.324. The summed E-state index contributed by atoms with van der Waals surface area (Å²) in [4.78, 5) is 42.6. The zero-order valence-electron chi connectivity index (χ0n) is 19.1. The third kappa shape index (κ3) is 4.39. The normalized spacial score (nSPS) is 16.2. The number of carbonyl (C=O) groups is 3. The van der Waals surface area contributed by atoms with Crippen molar-refractivity contribution in [2.45, 2.75) is 19.0 Å². The first-order valence-corrected chi connectivity index (χ1v) is 12.5. The number of rotatable bonds is 5. The standard InChI is InChI=1S/C28H21ClN2O4S/c1-16-13-23(36-15-16)19-9-12-22-21(14-19)27(33)31(25(28(34)35)17-5-3-2-4-6-17)24(26(32)30-22)18-7-10-20(29)11-8-18/h2-15,24-25H,1H3,(H,30,32)(H,34,35). The van der Waals surface area contributed by atoms with Gasteiger partial charge in [0.05, 0.1) is 11.3 Å².